The summed E-state index contributed by atoms with van der Waals surface area (Å²) in [5.74, 6) is -1.36. The van der Waals surface area contributed by atoms with Crippen molar-refractivity contribution >= 4 is 0 Å². The van der Waals surface area contributed by atoms with Crippen LogP contribution in [0, 0.1) is 18.6 Å². The van der Waals surface area contributed by atoms with Crippen LogP contribution in [0.15, 0.2) is 12.1 Å². The first-order valence-electron chi connectivity index (χ1n) is 3.66. The van der Waals surface area contributed by atoms with E-state index in [4.69, 9.17) is 5.11 Å². The molecule has 0 heterocycles. The van der Waals surface area contributed by atoms with Crippen molar-refractivity contribution in [3.8, 4) is 0 Å². The van der Waals surface area contributed by atoms with E-state index in [1.165, 1.54) is 19.9 Å². The van der Waals surface area contributed by atoms with Crippen molar-refractivity contribution in [2.24, 2.45) is 0 Å². The minimum absolute atomic E-state index is 0.255. The lowest BCUT2D eigenvalue weighted by Gasteiger charge is -2.08. The van der Waals surface area contributed by atoms with Gasteiger partial charge in [0.2, 0.25) is 0 Å². The molecular weight excluding hydrogens is 162 g/mol. The highest BCUT2D eigenvalue weighted by molar-refractivity contribution is 5.27. The van der Waals surface area contributed by atoms with Gasteiger partial charge in [-0.1, -0.05) is 6.07 Å². The zero-order chi connectivity index (χ0) is 9.30. The van der Waals surface area contributed by atoms with E-state index in [1.54, 1.807) is 0 Å². The van der Waals surface area contributed by atoms with E-state index in [1.807, 2.05) is 0 Å². The number of aryl methyl sites for hydroxylation is 1. The highest BCUT2D eigenvalue weighted by atomic mass is 19.1. The van der Waals surface area contributed by atoms with Crippen molar-refractivity contribution in [3.05, 3.63) is 34.9 Å². The van der Waals surface area contributed by atoms with E-state index in [0.717, 1.165) is 6.07 Å². The lowest BCUT2D eigenvalue weighted by Crippen LogP contribution is -2.01. The normalized spacial score (nSPS) is 13.1. The Hall–Kier alpha value is -0.960. The molecule has 0 unspecified atom stereocenters. The smallest absolute Gasteiger partial charge is 0.134 e. The minimum atomic E-state index is -1.11. The first kappa shape index (κ1) is 9.13. The molecule has 1 atom stereocenters. The highest BCUT2D eigenvalue weighted by Crippen LogP contribution is 2.22. The Bertz CT molecular complexity index is 295. The van der Waals surface area contributed by atoms with Crippen LogP contribution in [0.4, 0.5) is 8.78 Å². The monoisotopic (exact) mass is 172 g/mol. The molecule has 0 aromatic heterocycles. The third kappa shape index (κ3) is 1.46. The molecule has 12 heavy (non-hydrogen) atoms. The molecule has 1 rings (SSSR count). The molecular formula is C9H10F2O. The average molecular weight is 172 g/mol. The second-order valence-electron chi connectivity index (χ2n) is 2.77. The second kappa shape index (κ2) is 3.19. The third-order valence-electron chi connectivity index (χ3n) is 1.74. The SMILES string of the molecule is Cc1ccc(F)c([C@@H](C)O)c1F. The Morgan fingerprint density at radius 3 is 2.33 bits per heavy atom. The molecule has 66 valence electrons. The van der Waals surface area contributed by atoms with Gasteiger partial charge in [0, 0.05) is 0 Å². The van der Waals surface area contributed by atoms with E-state index in [2.05, 4.69) is 0 Å². The number of benzene rings is 1. The van der Waals surface area contributed by atoms with Crippen molar-refractivity contribution in [1.82, 2.24) is 0 Å². The Kier molecular flexibility index (Phi) is 2.43. The third-order valence-corrected chi connectivity index (χ3v) is 1.74. The van der Waals surface area contributed by atoms with Crippen LogP contribution >= 0.6 is 0 Å². The van der Waals surface area contributed by atoms with Crippen LogP contribution in [0.3, 0.4) is 0 Å². The fourth-order valence-electron chi connectivity index (χ4n) is 1.06. The molecule has 1 N–H and O–H groups in total. The van der Waals surface area contributed by atoms with Gasteiger partial charge in [-0.05, 0) is 25.5 Å². The van der Waals surface area contributed by atoms with Gasteiger partial charge in [-0.15, -0.1) is 0 Å². The van der Waals surface area contributed by atoms with E-state index in [-0.39, 0.29) is 5.56 Å². The van der Waals surface area contributed by atoms with Crippen LogP contribution in [0.1, 0.15) is 24.2 Å². The zero-order valence-corrected chi connectivity index (χ0v) is 6.94. The van der Waals surface area contributed by atoms with Gasteiger partial charge in [-0.3, -0.25) is 0 Å². The van der Waals surface area contributed by atoms with Crippen molar-refractivity contribution in [3.63, 3.8) is 0 Å². The first-order valence-corrected chi connectivity index (χ1v) is 3.66. The van der Waals surface area contributed by atoms with Gasteiger partial charge >= 0.3 is 0 Å². The summed E-state index contributed by atoms with van der Waals surface area (Å²) >= 11 is 0. The standard InChI is InChI=1S/C9H10F2O/c1-5-3-4-7(10)8(6(2)12)9(5)11/h3-4,6,12H,1-2H3/t6-/m1/s1. The zero-order valence-electron chi connectivity index (χ0n) is 6.94. The molecule has 0 amide bonds. The Morgan fingerprint density at radius 2 is 1.92 bits per heavy atom. The maximum Gasteiger partial charge on any atom is 0.134 e. The van der Waals surface area contributed by atoms with Crippen LogP contribution in [0.25, 0.3) is 0 Å². The lowest BCUT2D eigenvalue weighted by molar-refractivity contribution is 0.188. The average Bonchev–Trinajstić information content (AvgIpc) is 1.97. The molecule has 0 fully saturated rings. The Balaban J connectivity index is 3.33. The molecule has 0 spiro atoms. The lowest BCUT2D eigenvalue weighted by atomic mass is 10.1. The van der Waals surface area contributed by atoms with Gasteiger partial charge in [-0.2, -0.15) is 0 Å². The van der Waals surface area contributed by atoms with Crippen LogP contribution < -0.4 is 0 Å². The molecule has 0 saturated carbocycles. The minimum Gasteiger partial charge on any atom is -0.388 e. The fourth-order valence-corrected chi connectivity index (χ4v) is 1.06. The second-order valence-corrected chi connectivity index (χ2v) is 2.77. The number of halogens is 2. The van der Waals surface area contributed by atoms with E-state index >= 15 is 0 Å². The number of aliphatic hydroxyl groups excluding tert-OH is 1. The van der Waals surface area contributed by atoms with Gasteiger partial charge in [0.05, 0.1) is 11.7 Å². The van der Waals surface area contributed by atoms with Crippen molar-refractivity contribution in [1.29, 1.82) is 0 Å². The molecule has 1 aromatic rings. The van der Waals surface area contributed by atoms with E-state index in [0.29, 0.717) is 5.56 Å². The highest BCUT2D eigenvalue weighted by Gasteiger charge is 2.15. The largest absolute Gasteiger partial charge is 0.388 e. The predicted octanol–water partition coefficient (Wildman–Crippen LogP) is 2.33. The first-order chi connectivity index (χ1) is 5.54. The van der Waals surface area contributed by atoms with Gasteiger partial charge in [-0.25, -0.2) is 8.78 Å². The number of hydrogen-bond acceptors (Lipinski definition) is 1. The fraction of sp³-hybridized carbons (Fsp3) is 0.333. The number of hydrogen-bond donors (Lipinski definition) is 1. The molecule has 0 saturated heterocycles. The summed E-state index contributed by atoms with van der Waals surface area (Å²) in [6.07, 6.45) is -1.11. The number of aliphatic hydroxyl groups is 1. The summed E-state index contributed by atoms with van der Waals surface area (Å²) in [6.45, 7) is 2.86. The summed E-state index contributed by atoms with van der Waals surface area (Å²) in [5, 5.41) is 9.03. The van der Waals surface area contributed by atoms with Crippen molar-refractivity contribution in [2.45, 2.75) is 20.0 Å². The van der Waals surface area contributed by atoms with Crippen LogP contribution in [-0.4, -0.2) is 5.11 Å². The van der Waals surface area contributed by atoms with Crippen LogP contribution in [0.5, 0.6) is 0 Å². The van der Waals surface area contributed by atoms with E-state index < -0.39 is 17.7 Å². The van der Waals surface area contributed by atoms with Gasteiger partial charge in [0.1, 0.15) is 11.6 Å². The van der Waals surface area contributed by atoms with Crippen LogP contribution in [0.2, 0.25) is 0 Å². The Morgan fingerprint density at radius 1 is 1.33 bits per heavy atom. The van der Waals surface area contributed by atoms with Gasteiger partial charge < -0.3 is 5.11 Å². The molecule has 0 aliphatic rings. The Labute approximate surface area is 69.7 Å². The molecule has 0 bridgehead atoms. The van der Waals surface area contributed by atoms with Crippen LogP contribution in [-0.2, 0) is 0 Å². The van der Waals surface area contributed by atoms with Gasteiger partial charge in [0.25, 0.3) is 0 Å². The molecule has 1 aromatic carbocycles. The van der Waals surface area contributed by atoms with E-state index in [9.17, 15) is 8.78 Å². The van der Waals surface area contributed by atoms with Crippen molar-refractivity contribution in [2.75, 3.05) is 0 Å². The summed E-state index contributed by atoms with van der Waals surface area (Å²) in [5.41, 5.74) is 0.0855. The quantitative estimate of drug-likeness (QED) is 0.689. The predicted molar refractivity (Wildman–Crippen MR) is 41.7 cm³/mol. The number of rotatable bonds is 1. The molecule has 1 nitrogen and oxygen atoms in total. The maximum atomic E-state index is 13.1. The molecule has 0 aliphatic carbocycles. The molecule has 0 radical (unpaired) electrons. The summed E-state index contributed by atoms with van der Waals surface area (Å²) < 4.78 is 26.0. The summed E-state index contributed by atoms with van der Waals surface area (Å²) in [7, 11) is 0. The topological polar surface area (TPSA) is 20.2 Å². The van der Waals surface area contributed by atoms with Gasteiger partial charge in [0.15, 0.2) is 0 Å². The van der Waals surface area contributed by atoms with Crippen molar-refractivity contribution < 1.29 is 13.9 Å². The molecule has 3 heteroatoms. The summed E-state index contributed by atoms with van der Waals surface area (Å²) in [4.78, 5) is 0. The maximum absolute atomic E-state index is 13.1. The summed E-state index contributed by atoms with van der Waals surface area (Å²) in [6, 6.07) is 2.50. The molecule has 0 aliphatic heterocycles.